The van der Waals surface area contributed by atoms with Crippen LogP contribution in [0.2, 0.25) is 0 Å². The zero-order chi connectivity index (χ0) is 18.7. The number of aromatic nitrogens is 2. The topological polar surface area (TPSA) is 61.2 Å². The molecular formula is C20H18N2O3S. The average Bonchev–Trinajstić information content (AvgIpc) is 3.05. The highest BCUT2D eigenvalue weighted by Crippen LogP contribution is 2.32. The molecule has 26 heavy (non-hydrogen) atoms. The van der Waals surface area contributed by atoms with Gasteiger partial charge in [-0.1, -0.05) is 30.2 Å². The van der Waals surface area contributed by atoms with Crippen molar-refractivity contribution in [3.05, 3.63) is 54.7 Å². The Kier molecular flexibility index (Phi) is 4.83. The Hall–Kier alpha value is -3.04. The third kappa shape index (κ3) is 3.63. The normalized spacial score (nSPS) is 11.1. The molecule has 0 N–H and O–H groups in total. The van der Waals surface area contributed by atoms with Crippen LogP contribution in [0.5, 0.6) is 5.75 Å². The summed E-state index contributed by atoms with van der Waals surface area (Å²) in [4.78, 5) is 0.273. The minimum Gasteiger partial charge on any atom is -0.497 e. The van der Waals surface area contributed by atoms with Gasteiger partial charge in [0.05, 0.1) is 12.0 Å². The molecule has 3 aromatic rings. The maximum absolute atomic E-state index is 11.7. The van der Waals surface area contributed by atoms with Crippen molar-refractivity contribution in [2.45, 2.75) is 11.4 Å². The van der Waals surface area contributed by atoms with Gasteiger partial charge in [-0.25, -0.2) is 8.42 Å². The Balaban J connectivity index is 2.09. The molecule has 5 nitrogen and oxygen atoms in total. The van der Waals surface area contributed by atoms with Crippen molar-refractivity contribution < 1.29 is 13.2 Å². The lowest BCUT2D eigenvalue weighted by Crippen LogP contribution is -1.97. The van der Waals surface area contributed by atoms with Crippen LogP contribution in [0.25, 0.3) is 22.4 Å². The van der Waals surface area contributed by atoms with Gasteiger partial charge >= 0.3 is 0 Å². The van der Waals surface area contributed by atoms with Gasteiger partial charge in [-0.2, -0.15) is 5.10 Å². The maximum atomic E-state index is 11.7. The van der Waals surface area contributed by atoms with Crippen LogP contribution in [0.1, 0.15) is 0 Å². The molecule has 0 saturated carbocycles. The minimum atomic E-state index is -3.24. The quantitative estimate of drug-likeness (QED) is 0.650. The van der Waals surface area contributed by atoms with E-state index in [1.165, 1.54) is 6.26 Å². The van der Waals surface area contributed by atoms with Gasteiger partial charge < -0.3 is 4.74 Å². The first-order valence-corrected chi connectivity index (χ1v) is 9.77. The molecule has 0 radical (unpaired) electrons. The number of methoxy groups -OCH3 is 1. The second-order valence-corrected chi connectivity index (χ2v) is 7.83. The van der Waals surface area contributed by atoms with E-state index in [4.69, 9.17) is 11.2 Å². The van der Waals surface area contributed by atoms with Gasteiger partial charge in [0.15, 0.2) is 9.84 Å². The van der Waals surface area contributed by atoms with E-state index in [0.717, 1.165) is 28.1 Å². The molecule has 0 spiro atoms. The standard InChI is InChI=1S/C20H18N2O3S/c1-4-13-22-14-19(15-5-9-17(25-2)10-6-15)20(21-22)16-7-11-18(12-8-16)26(3,23)24/h1,5-12,14H,13H2,2-3H3. The van der Waals surface area contributed by atoms with Crippen molar-refractivity contribution >= 4 is 9.84 Å². The number of rotatable bonds is 5. The Bertz CT molecular complexity index is 1060. The summed E-state index contributed by atoms with van der Waals surface area (Å²) in [6.07, 6.45) is 8.49. The number of ether oxygens (including phenoxy) is 1. The van der Waals surface area contributed by atoms with E-state index in [1.54, 1.807) is 36.1 Å². The van der Waals surface area contributed by atoms with Gasteiger partial charge in [-0.05, 0) is 29.8 Å². The van der Waals surface area contributed by atoms with E-state index >= 15 is 0 Å². The van der Waals surface area contributed by atoms with Crippen LogP contribution in [0, 0.1) is 12.3 Å². The fourth-order valence-corrected chi connectivity index (χ4v) is 3.28. The lowest BCUT2D eigenvalue weighted by atomic mass is 10.0. The third-order valence-corrected chi connectivity index (χ3v) is 5.10. The van der Waals surface area contributed by atoms with Crippen molar-refractivity contribution in [3.8, 4) is 40.5 Å². The zero-order valence-corrected chi connectivity index (χ0v) is 15.3. The van der Waals surface area contributed by atoms with Crippen LogP contribution >= 0.6 is 0 Å². The molecule has 0 aliphatic heterocycles. The monoisotopic (exact) mass is 366 g/mol. The second-order valence-electron chi connectivity index (χ2n) is 5.82. The minimum absolute atomic E-state index is 0.273. The Morgan fingerprint density at radius 3 is 2.23 bits per heavy atom. The van der Waals surface area contributed by atoms with Gasteiger partial charge in [0.2, 0.25) is 0 Å². The maximum Gasteiger partial charge on any atom is 0.175 e. The number of sulfone groups is 1. The fraction of sp³-hybridized carbons (Fsp3) is 0.150. The van der Waals surface area contributed by atoms with E-state index in [9.17, 15) is 8.42 Å². The van der Waals surface area contributed by atoms with Gasteiger partial charge in [0, 0.05) is 23.6 Å². The van der Waals surface area contributed by atoms with E-state index in [1.807, 2.05) is 30.5 Å². The molecule has 0 bridgehead atoms. The molecule has 0 fully saturated rings. The van der Waals surface area contributed by atoms with Gasteiger partial charge in [0.25, 0.3) is 0 Å². The number of hydrogen-bond donors (Lipinski definition) is 0. The number of hydrogen-bond acceptors (Lipinski definition) is 4. The third-order valence-electron chi connectivity index (χ3n) is 3.97. The van der Waals surface area contributed by atoms with E-state index in [0.29, 0.717) is 6.54 Å². The molecule has 0 atom stereocenters. The molecule has 0 amide bonds. The molecule has 0 aliphatic carbocycles. The summed E-state index contributed by atoms with van der Waals surface area (Å²) >= 11 is 0. The van der Waals surface area contributed by atoms with E-state index < -0.39 is 9.84 Å². The molecule has 3 rings (SSSR count). The summed E-state index contributed by atoms with van der Waals surface area (Å²) in [5.74, 6) is 3.34. The van der Waals surface area contributed by atoms with Crippen molar-refractivity contribution in [2.24, 2.45) is 0 Å². The van der Waals surface area contributed by atoms with E-state index in [2.05, 4.69) is 11.0 Å². The van der Waals surface area contributed by atoms with Gasteiger partial charge in [-0.15, -0.1) is 6.42 Å². The highest BCUT2D eigenvalue weighted by Gasteiger charge is 2.14. The Morgan fingerprint density at radius 2 is 1.69 bits per heavy atom. The Labute approximate surface area is 153 Å². The largest absolute Gasteiger partial charge is 0.497 e. The first-order chi connectivity index (χ1) is 12.4. The van der Waals surface area contributed by atoms with Crippen LogP contribution in [-0.2, 0) is 16.4 Å². The smallest absolute Gasteiger partial charge is 0.175 e. The lowest BCUT2D eigenvalue weighted by molar-refractivity contribution is 0.415. The summed E-state index contributed by atoms with van der Waals surface area (Å²) in [7, 11) is -1.62. The molecule has 0 aliphatic rings. The molecule has 1 heterocycles. The number of nitrogens with zero attached hydrogens (tertiary/aromatic N) is 2. The van der Waals surface area contributed by atoms with E-state index in [-0.39, 0.29) is 4.90 Å². The summed E-state index contributed by atoms with van der Waals surface area (Å²) in [6.45, 7) is 0.352. The summed E-state index contributed by atoms with van der Waals surface area (Å²) < 4.78 is 30.2. The molecule has 2 aromatic carbocycles. The van der Waals surface area contributed by atoms with Crippen LogP contribution in [0.15, 0.2) is 59.6 Å². The van der Waals surface area contributed by atoms with Crippen molar-refractivity contribution in [1.82, 2.24) is 9.78 Å². The highest BCUT2D eigenvalue weighted by atomic mass is 32.2. The van der Waals surface area contributed by atoms with Crippen LogP contribution < -0.4 is 4.74 Å². The van der Waals surface area contributed by atoms with Crippen LogP contribution in [0.3, 0.4) is 0 Å². The highest BCUT2D eigenvalue weighted by molar-refractivity contribution is 7.90. The van der Waals surface area contributed by atoms with Gasteiger partial charge in [0.1, 0.15) is 18.0 Å². The van der Waals surface area contributed by atoms with Crippen molar-refractivity contribution in [2.75, 3.05) is 13.4 Å². The molecule has 6 heteroatoms. The average molecular weight is 366 g/mol. The summed E-state index contributed by atoms with van der Waals surface area (Å²) in [6, 6.07) is 14.3. The lowest BCUT2D eigenvalue weighted by Gasteiger charge is -2.05. The van der Waals surface area contributed by atoms with Crippen LogP contribution in [-0.4, -0.2) is 31.6 Å². The Morgan fingerprint density at radius 1 is 1.08 bits per heavy atom. The molecule has 0 unspecified atom stereocenters. The number of benzene rings is 2. The first-order valence-electron chi connectivity index (χ1n) is 7.88. The van der Waals surface area contributed by atoms with Crippen molar-refractivity contribution in [3.63, 3.8) is 0 Å². The molecule has 1 aromatic heterocycles. The summed E-state index contributed by atoms with van der Waals surface area (Å²) in [5.41, 5.74) is 3.44. The molecular weight excluding hydrogens is 348 g/mol. The molecule has 0 saturated heterocycles. The summed E-state index contributed by atoms with van der Waals surface area (Å²) in [5, 5.41) is 4.57. The predicted octanol–water partition coefficient (Wildman–Crippen LogP) is 3.26. The fourth-order valence-electron chi connectivity index (χ4n) is 2.65. The van der Waals surface area contributed by atoms with Gasteiger partial charge in [-0.3, -0.25) is 4.68 Å². The second kappa shape index (κ2) is 7.06. The zero-order valence-electron chi connectivity index (χ0n) is 14.5. The first kappa shape index (κ1) is 17.8. The van der Waals surface area contributed by atoms with Crippen LogP contribution in [0.4, 0.5) is 0 Å². The van der Waals surface area contributed by atoms with Crippen molar-refractivity contribution in [1.29, 1.82) is 0 Å². The number of terminal acetylenes is 1. The SMILES string of the molecule is C#CCn1cc(-c2ccc(OC)cc2)c(-c2ccc(S(C)(=O)=O)cc2)n1. The predicted molar refractivity (Wildman–Crippen MR) is 102 cm³/mol. The molecule has 132 valence electrons.